The summed E-state index contributed by atoms with van der Waals surface area (Å²) in [5.41, 5.74) is 4.78. The number of ether oxygens (including phenoxy) is 1. The number of methoxy groups -OCH3 is 1. The summed E-state index contributed by atoms with van der Waals surface area (Å²) in [6, 6.07) is 20.5. The van der Waals surface area contributed by atoms with Gasteiger partial charge in [0.15, 0.2) is 0 Å². The molecule has 0 fully saturated rings. The van der Waals surface area contributed by atoms with E-state index in [0.29, 0.717) is 13.0 Å². The number of carbonyl (C=O) groups is 1. The summed E-state index contributed by atoms with van der Waals surface area (Å²) < 4.78 is 7.49. The van der Waals surface area contributed by atoms with Crippen LogP contribution in [-0.4, -0.2) is 29.0 Å². The highest BCUT2D eigenvalue weighted by molar-refractivity contribution is 5.78. The first-order valence-corrected chi connectivity index (χ1v) is 11.2. The molecule has 0 bridgehead atoms. The van der Waals surface area contributed by atoms with Crippen molar-refractivity contribution in [2.45, 2.75) is 52.6 Å². The lowest BCUT2D eigenvalue weighted by Gasteiger charge is -2.24. The Morgan fingerprint density at radius 2 is 1.77 bits per heavy atom. The van der Waals surface area contributed by atoms with Crippen LogP contribution in [0.25, 0.3) is 0 Å². The van der Waals surface area contributed by atoms with E-state index in [9.17, 15) is 4.79 Å². The van der Waals surface area contributed by atoms with Gasteiger partial charge in [0.2, 0.25) is 5.91 Å². The Morgan fingerprint density at radius 1 is 1.00 bits per heavy atom. The van der Waals surface area contributed by atoms with Gasteiger partial charge in [-0.05, 0) is 54.3 Å². The number of hydrogen-bond donors (Lipinski definition) is 0. The molecule has 1 amide bonds. The van der Waals surface area contributed by atoms with Crippen molar-refractivity contribution in [1.82, 2.24) is 9.47 Å². The smallest absolute Gasteiger partial charge is 0.227 e. The quantitative estimate of drug-likeness (QED) is 0.379. The Balaban J connectivity index is 1.72. The summed E-state index contributed by atoms with van der Waals surface area (Å²) in [5, 5.41) is 0. The van der Waals surface area contributed by atoms with Gasteiger partial charge in [0, 0.05) is 25.0 Å². The highest BCUT2D eigenvalue weighted by Crippen LogP contribution is 2.16. The van der Waals surface area contributed by atoms with E-state index in [0.717, 1.165) is 43.7 Å². The summed E-state index contributed by atoms with van der Waals surface area (Å²) in [7, 11) is 1.65. The molecule has 1 heterocycles. The number of benzene rings is 2. The third-order valence-corrected chi connectivity index (χ3v) is 5.78. The first-order chi connectivity index (χ1) is 15.1. The maximum absolute atomic E-state index is 13.2. The van der Waals surface area contributed by atoms with Gasteiger partial charge in [0.25, 0.3) is 0 Å². The molecule has 31 heavy (non-hydrogen) atoms. The lowest BCUT2D eigenvalue weighted by atomic mass is 10.1. The first-order valence-electron chi connectivity index (χ1n) is 11.2. The fraction of sp³-hybridized carbons (Fsp3) is 0.370. The van der Waals surface area contributed by atoms with Crippen LogP contribution in [0.1, 0.15) is 48.6 Å². The summed E-state index contributed by atoms with van der Waals surface area (Å²) in [4.78, 5) is 15.2. The summed E-state index contributed by atoms with van der Waals surface area (Å²) in [5.74, 6) is 0.981. The summed E-state index contributed by atoms with van der Waals surface area (Å²) in [6.07, 6.45) is 5.83. The van der Waals surface area contributed by atoms with E-state index in [-0.39, 0.29) is 5.91 Å². The monoisotopic (exact) mass is 418 g/mol. The van der Waals surface area contributed by atoms with Crippen LogP contribution in [0.15, 0.2) is 66.9 Å². The van der Waals surface area contributed by atoms with Crippen molar-refractivity contribution in [3.05, 3.63) is 89.2 Å². The number of carbonyl (C=O) groups excluding carboxylic acids is 1. The number of amides is 1. The summed E-state index contributed by atoms with van der Waals surface area (Å²) >= 11 is 0. The van der Waals surface area contributed by atoms with Crippen molar-refractivity contribution in [3.8, 4) is 5.75 Å². The van der Waals surface area contributed by atoms with Gasteiger partial charge in [-0.25, -0.2) is 0 Å². The van der Waals surface area contributed by atoms with Crippen LogP contribution in [0.5, 0.6) is 5.75 Å². The van der Waals surface area contributed by atoms with Crippen molar-refractivity contribution in [2.75, 3.05) is 13.7 Å². The van der Waals surface area contributed by atoms with Crippen molar-refractivity contribution in [1.29, 1.82) is 0 Å². The minimum atomic E-state index is 0.171. The predicted octanol–water partition coefficient (Wildman–Crippen LogP) is 5.61. The Kier molecular flexibility index (Phi) is 8.34. The van der Waals surface area contributed by atoms with Crippen LogP contribution >= 0.6 is 0 Å². The highest BCUT2D eigenvalue weighted by atomic mass is 16.5. The third-order valence-electron chi connectivity index (χ3n) is 5.78. The van der Waals surface area contributed by atoms with Crippen LogP contribution in [0, 0.1) is 6.92 Å². The van der Waals surface area contributed by atoms with E-state index in [4.69, 9.17) is 4.74 Å². The zero-order chi connectivity index (χ0) is 22.1. The van der Waals surface area contributed by atoms with E-state index < -0.39 is 0 Å². The van der Waals surface area contributed by atoms with Crippen LogP contribution in [0.4, 0.5) is 0 Å². The van der Waals surface area contributed by atoms with Crippen LogP contribution in [0.2, 0.25) is 0 Å². The number of aromatic nitrogens is 1. The SMILES string of the molecule is CCCCCN(Cc1cccn1Cc1ccccc1C)C(=O)Cc1ccc(OC)cc1. The molecule has 0 atom stereocenters. The molecule has 0 aliphatic rings. The van der Waals surface area contributed by atoms with Gasteiger partial charge >= 0.3 is 0 Å². The number of aryl methyl sites for hydroxylation is 1. The zero-order valence-electron chi connectivity index (χ0n) is 19.0. The maximum atomic E-state index is 13.2. The maximum Gasteiger partial charge on any atom is 0.227 e. The van der Waals surface area contributed by atoms with E-state index >= 15 is 0 Å². The lowest BCUT2D eigenvalue weighted by molar-refractivity contribution is -0.131. The second-order valence-electron chi connectivity index (χ2n) is 8.10. The molecular formula is C27H34N2O2. The number of hydrogen-bond acceptors (Lipinski definition) is 2. The van der Waals surface area contributed by atoms with Crippen molar-refractivity contribution in [2.24, 2.45) is 0 Å². The Hall–Kier alpha value is -3.01. The van der Waals surface area contributed by atoms with Gasteiger partial charge in [-0.1, -0.05) is 56.2 Å². The zero-order valence-corrected chi connectivity index (χ0v) is 19.0. The van der Waals surface area contributed by atoms with Gasteiger partial charge in [-0.3, -0.25) is 4.79 Å². The van der Waals surface area contributed by atoms with E-state index in [2.05, 4.69) is 61.0 Å². The molecule has 0 saturated carbocycles. The van der Waals surface area contributed by atoms with Gasteiger partial charge < -0.3 is 14.2 Å². The molecule has 3 aromatic rings. The molecule has 0 spiro atoms. The fourth-order valence-electron chi connectivity index (χ4n) is 3.79. The third kappa shape index (κ3) is 6.48. The standard InChI is InChI=1S/C27H34N2O2/c1-4-5-8-17-29(27(30)19-23-13-15-26(31-3)16-14-23)21-25-12-9-18-28(25)20-24-11-7-6-10-22(24)2/h6-7,9-16,18H,4-5,8,17,19-21H2,1-3H3. The van der Waals surface area contributed by atoms with Crippen LogP contribution in [0.3, 0.4) is 0 Å². The van der Waals surface area contributed by atoms with Gasteiger partial charge in [-0.2, -0.15) is 0 Å². The van der Waals surface area contributed by atoms with Crippen LogP contribution < -0.4 is 4.74 Å². The van der Waals surface area contributed by atoms with E-state index in [1.54, 1.807) is 7.11 Å². The molecule has 0 aliphatic heterocycles. The van der Waals surface area contributed by atoms with Crippen molar-refractivity contribution < 1.29 is 9.53 Å². The molecule has 2 aromatic carbocycles. The molecule has 0 radical (unpaired) electrons. The topological polar surface area (TPSA) is 34.5 Å². The minimum Gasteiger partial charge on any atom is -0.497 e. The molecule has 4 nitrogen and oxygen atoms in total. The van der Waals surface area contributed by atoms with Crippen LogP contribution in [-0.2, 0) is 24.3 Å². The largest absolute Gasteiger partial charge is 0.497 e. The lowest BCUT2D eigenvalue weighted by Crippen LogP contribution is -2.33. The minimum absolute atomic E-state index is 0.171. The number of nitrogens with zero attached hydrogens (tertiary/aromatic N) is 2. The second-order valence-corrected chi connectivity index (χ2v) is 8.10. The number of unbranched alkanes of at least 4 members (excludes halogenated alkanes) is 2. The summed E-state index contributed by atoms with van der Waals surface area (Å²) in [6.45, 7) is 6.59. The molecule has 0 unspecified atom stereocenters. The fourth-order valence-corrected chi connectivity index (χ4v) is 3.79. The van der Waals surface area contributed by atoms with E-state index in [1.165, 1.54) is 16.8 Å². The molecule has 164 valence electrons. The molecule has 1 aromatic heterocycles. The molecule has 0 N–H and O–H groups in total. The Morgan fingerprint density at radius 3 is 2.48 bits per heavy atom. The van der Waals surface area contributed by atoms with Crippen molar-refractivity contribution >= 4 is 5.91 Å². The Labute approximate surface area is 186 Å². The van der Waals surface area contributed by atoms with Gasteiger partial charge in [0.1, 0.15) is 5.75 Å². The second kappa shape index (κ2) is 11.4. The normalized spacial score (nSPS) is 10.8. The van der Waals surface area contributed by atoms with Crippen molar-refractivity contribution in [3.63, 3.8) is 0 Å². The average Bonchev–Trinajstić information content (AvgIpc) is 3.22. The highest BCUT2D eigenvalue weighted by Gasteiger charge is 2.16. The molecule has 0 saturated heterocycles. The molecule has 3 rings (SSSR count). The van der Waals surface area contributed by atoms with E-state index in [1.807, 2.05) is 29.2 Å². The average molecular weight is 419 g/mol. The predicted molar refractivity (Wildman–Crippen MR) is 126 cm³/mol. The molecule has 0 aliphatic carbocycles. The molecular weight excluding hydrogens is 384 g/mol. The molecule has 4 heteroatoms. The van der Waals surface area contributed by atoms with Gasteiger partial charge in [0.05, 0.1) is 20.1 Å². The first kappa shape index (κ1) is 22.7. The van der Waals surface area contributed by atoms with Gasteiger partial charge in [-0.15, -0.1) is 0 Å². The number of rotatable bonds is 11. The Bertz CT molecular complexity index is 959.